The molecule has 1 amide bonds. The van der Waals surface area contributed by atoms with Crippen LogP contribution in [0.5, 0.6) is 5.75 Å². The van der Waals surface area contributed by atoms with Crippen molar-refractivity contribution in [1.82, 2.24) is 0 Å². The Balaban J connectivity index is 1.89. The topological polar surface area (TPSA) is 107 Å². The molecule has 0 saturated carbocycles. The van der Waals surface area contributed by atoms with Crippen LogP contribution in [-0.4, -0.2) is 25.9 Å². The number of nitro groups is 1. The number of anilines is 1. The first-order valence-corrected chi connectivity index (χ1v) is 12.9. The van der Waals surface area contributed by atoms with Crippen LogP contribution in [0.2, 0.25) is 0 Å². The number of amides is 1. The third-order valence-electron chi connectivity index (χ3n) is 4.92. The Morgan fingerprint density at radius 3 is 2.52 bits per heavy atom. The van der Waals surface area contributed by atoms with Gasteiger partial charge in [0.15, 0.2) is 5.37 Å². The fraction of sp³-hybridized carbons (Fsp3) is 0.136. The van der Waals surface area contributed by atoms with Gasteiger partial charge in [-0.1, -0.05) is 12.1 Å². The molecule has 11 heteroatoms. The number of halogens is 1. The molecule has 0 bridgehead atoms. The van der Waals surface area contributed by atoms with Crippen LogP contribution in [0.3, 0.4) is 0 Å². The van der Waals surface area contributed by atoms with Crippen LogP contribution in [0.15, 0.2) is 69.4 Å². The van der Waals surface area contributed by atoms with Gasteiger partial charge in [-0.25, -0.2) is 8.42 Å². The third kappa shape index (κ3) is 4.43. The molecule has 1 aliphatic rings. The van der Waals surface area contributed by atoms with E-state index in [2.05, 4.69) is 15.9 Å². The largest absolute Gasteiger partial charge is 0.494 e. The average molecular weight is 549 g/mol. The second kappa shape index (κ2) is 9.08. The van der Waals surface area contributed by atoms with Crippen molar-refractivity contribution in [2.75, 3.05) is 11.5 Å². The van der Waals surface area contributed by atoms with Crippen LogP contribution < -0.4 is 9.64 Å². The molecule has 8 nitrogen and oxygen atoms in total. The van der Waals surface area contributed by atoms with Gasteiger partial charge in [0.1, 0.15) is 10.7 Å². The molecule has 0 aliphatic carbocycles. The van der Waals surface area contributed by atoms with Gasteiger partial charge in [-0.15, -0.1) is 11.3 Å². The molecule has 2 heterocycles. The summed E-state index contributed by atoms with van der Waals surface area (Å²) in [5, 5.41) is 9.85. The zero-order valence-electron chi connectivity index (χ0n) is 17.2. The molecule has 33 heavy (non-hydrogen) atoms. The third-order valence-corrected chi connectivity index (χ3v) is 8.47. The lowest BCUT2D eigenvalue weighted by Crippen LogP contribution is -2.29. The number of non-ortho nitro benzene ring substituents is 1. The van der Waals surface area contributed by atoms with E-state index in [4.69, 9.17) is 4.74 Å². The first-order chi connectivity index (χ1) is 15.7. The number of hydrogen-bond acceptors (Lipinski definition) is 7. The minimum atomic E-state index is -4.20. The molecule has 0 spiro atoms. The van der Waals surface area contributed by atoms with Crippen LogP contribution in [0.25, 0.3) is 6.08 Å². The number of thiophene rings is 1. The number of ether oxygens (including phenoxy) is 1. The number of rotatable bonds is 6. The molecule has 2 aromatic carbocycles. The van der Waals surface area contributed by atoms with Gasteiger partial charge in [-0.3, -0.25) is 19.8 Å². The maximum Gasteiger partial charge on any atom is 0.271 e. The molecule has 1 saturated heterocycles. The molecule has 1 atom stereocenters. The summed E-state index contributed by atoms with van der Waals surface area (Å²) in [6.45, 7) is 2.29. The van der Waals surface area contributed by atoms with E-state index in [1.54, 1.807) is 36.4 Å². The van der Waals surface area contributed by atoms with E-state index in [1.807, 2.05) is 6.92 Å². The predicted octanol–water partition coefficient (Wildman–Crippen LogP) is 5.32. The zero-order chi connectivity index (χ0) is 23.8. The van der Waals surface area contributed by atoms with Crippen LogP contribution in [-0.2, 0) is 14.6 Å². The number of nitrogens with zero attached hydrogens (tertiary/aromatic N) is 2. The lowest BCUT2D eigenvalue weighted by Gasteiger charge is -2.23. The molecule has 1 aliphatic heterocycles. The van der Waals surface area contributed by atoms with Gasteiger partial charge < -0.3 is 4.74 Å². The Kier molecular flexibility index (Phi) is 6.37. The second-order valence-corrected chi connectivity index (χ2v) is 11.5. The van der Waals surface area contributed by atoms with Crippen LogP contribution in [0.4, 0.5) is 11.4 Å². The van der Waals surface area contributed by atoms with E-state index >= 15 is 0 Å². The predicted molar refractivity (Wildman–Crippen MR) is 130 cm³/mol. The first-order valence-electron chi connectivity index (χ1n) is 9.74. The smallest absolute Gasteiger partial charge is 0.271 e. The highest BCUT2D eigenvalue weighted by molar-refractivity contribution is 9.11. The van der Waals surface area contributed by atoms with Gasteiger partial charge in [0.25, 0.3) is 11.6 Å². The minimum absolute atomic E-state index is 0.127. The number of carbonyl (C=O) groups excluding carboxylic acids is 1. The monoisotopic (exact) mass is 548 g/mol. The Bertz CT molecular complexity index is 1370. The van der Waals surface area contributed by atoms with E-state index < -0.39 is 26.0 Å². The molecule has 0 unspecified atom stereocenters. The van der Waals surface area contributed by atoms with Gasteiger partial charge >= 0.3 is 0 Å². The molecule has 4 rings (SSSR count). The van der Waals surface area contributed by atoms with Gasteiger partial charge in [-0.2, -0.15) is 0 Å². The number of sulfone groups is 1. The molecule has 3 aromatic rings. The SMILES string of the molecule is CCOc1ccc(N2C(=O)/C(=C\c3ccc(Br)s3)S(=O)(=O)[C@@H]2c2cccc([N+](=O)[O-])c2)cc1. The van der Waals surface area contributed by atoms with E-state index in [0.717, 1.165) is 8.69 Å². The standard InChI is InChI=1S/C22H17BrN2O6S2/c1-2-31-17-8-6-15(7-9-17)24-21(26)19(13-18-10-11-20(23)32-18)33(29,30)22(24)14-4-3-5-16(12-14)25(27)28/h3-13,22H,2H2,1H3/b19-13+/t22-/m1/s1. The Labute approximate surface area is 202 Å². The summed E-state index contributed by atoms with van der Waals surface area (Å²) in [4.78, 5) is 25.5. The lowest BCUT2D eigenvalue weighted by atomic mass is 10.1. The quantitative estimate of drug-likeness (QED) is 0.234. The maximum atomic E-state index is 13.6. The summed E-state index contributed by atoms with van der Waals surface area (Å²) in [5.41, 5.74) is 0.197. The minimum Gasteiger partial charge on any atom is -0.494 e. The molecular weight excluding hydrogens is 532 g/mol. The molecule has 1 aromatic heterocycles. The second-order valence-electron chi connectivity index (χ2n) is 7.00. The van der Waals surface area contributed by atoms with E-state index in [1.165, 1.54) is 41.7 Å². The van der Waals surface area contributed by atoms with E-state index in [9.17, 15) is 23.3 Å². The van der Waals surface area contributed by atoms with Crippen molar-refractivity contribution in [3.63, 3.8) is 0 Å². The highest BCUT2D eigenvalue weighted by atomic mass is 79.9. The van der Waals surface area contributed by atoms with Crippen LogP contribution in [0, 0.1) is 10.1 Å². The van der Waals surface area contributed by atoms with Crippen molar-refractivity contribution >= 4 is 60.5 Å². The van der Waals surface area contributed by atoms with Gasteiger partial charge in [0.2, 0.25) is 9.84 Å². The fourth-order valence-electron chi connectivity index (χ4n) is 3.53. The van der Waals surface area contributed by atoms with Gasteiger partial charge in [-0.05, 0) is 70.9 Å². The van der Waals surface area contributed by atoms with Crippen molar-refractivity contribution in [3.05, 3.63) is 89.9 Å². The van der Waals surface area contributed by atoms with Crippen molar-refractivity contribution in [2.45, 2.75) is 12.3 Å². The Morgan fingerprint density at radius 1 is 1.18 bits per heavy atom. The summed E-state index contributed by atoms with van der Waals surface area (Å²) in [6, 6.07) is 15.2. The van der Waals surface area contributed by atoms with Crippen LogP contribution >= 0.6 is 27.3 Å². The summed E-state index contributed by atoms with van der Waals surface area (Å²) in [6.07, 6.45) is 1.34. The number of carbonyl (C=O) groups is 1. The zero-order valence-corrected chi connectivity index (χ0v) is 20.4. The lowest BCUT2D eigenvalue weighted by molar-refractivity contribution is -0.384. The van der Waals surface area contributed by atoms with Crippen molar-refractivity contribution in [1.29, 1.82) is 0 Å². The molecule has 0 radical (unpaired) electrons. The highest BCUT2D eigenvalue weighted by Gasteiger charge is 2.50. The van der Waals surface area contributed by atoms with Gasteiger partial charge in [0.05, 0.1) is 15.3 Å². The Morgan fingerprint density at radius 2 is 1.91 bits per heavy atom. The Hall–Kier alpha value is -3.02. The molecule has 1 fully saturated rings. The van der Waals surface area contributed by atoms with Crippen molar-refractivity contribution < 1.29 is 22.9 Å². The normalized spacial score (nSPS) is 18.6. The molecule has 170 valence electrons. The van der Waals surface area contributed by atoms with Gasteiger partial charge in [0, 0.05) is 22.7 Å². The number of hydrogen-bond donors (Lipinski definition) is 0. The first kappa shape index (κ1) is 23.1. The fourth-order valence-corrected chi connectivity index (χ4v) is 6.84. The highest BCUT2D eigenvalue weighted by Crippen LogP contribution is 2.44. The summed E-state index contributed by atoms with van der Waals surface area (Å²) < 4.78 is 33.5. The van der Waals surface area contributed by atoms with E-state index in [0.29, 0.717) is 22.9 Å². The van der Waals surface area contributed by atoms with Crippen molar-refractivity contribution in [2.24, 2.45) is 0 Å². The summed E-state index contributed by atoms with van der Waals surface area (Å²) in [5.74, 6) is -0.137. The van der Waals surface area contributed by atoms with Crippen LogP contribution in [0.1, 0.15) is 22.7 Å². The molecule has 0 N–H and O–H groups in total. The van der Waals surface area contributed by atoms with Crippen molar-refractivity contribution in [3.8, 4) is 5.75 Å². The van der Waals surface area contributed by atoms with E-state index in [-0.39, 0.29) is 16.2 Å². The maximum absolute atomic E-state index is 13.6. The average Bonchev–Trinajstić information content (AvgIpc) is 3.28. The summed E-state index contributed by atoms with van der Waals surface area (Å²) in [7, 11) is -4.20. The number of nitro benzene ring substituents is 1. The summed E-state index contributed by atoms with van der Waals surface area (Å²) >= 11 is 4.62. The number of benzene rings is 2. The molecular formula is C22H17BrN2O6S2.